The molecular formula is C31H29Cl2F2N3O4. The third-order valence-electron chi connectivity index (χ3n) is 7.43. The van der Waals surface area contributed by atoms with Crippen molar-refractivity contribution in [2.75, 3.05) is 12.4 Å². The van der Waals surface area contributed by atoms with Crippen LogP contribution < -0.4 is 15.4 Å². The Labute approximate surface area is 252 Å². The molecule has 11 heteroatoms. The topological polar surface area (TPSA) is 111 Å². The van der Waals surface area contributed by atoms with E-state index in [1.54, 1.807) is 0 Å². The zero-order valence-corrected chi connectivity index (χ0v) is 24.8. The van der Waals surface area contributed by atoms with Gasteiger partial charge in [0.15, 0.2) is 0 Å². The zero-order valence-electron chi connectivity index (χ0n) is 23.3. The first-order valence-electron chi connectivity index (χ1n) is 13.0. The van der Waals surface area contributed by atoms with Gasteiger partial charge in [0.2, 0.25) is 5.91 Å². The third-order valence-corrected chi connectivity index (χ3v) is 7.96. The summed E-state index contributed by atoms with van der Waals surface area (Å²) >= 11 is 12.2. The first-order chi connectivity index (χ1) is 19.7. The van der Waals surface area contributed by atoms with E-state index >= 15 is 8.78 Å². The number of nitriles is 1. The van der Waals surface area contributed by atoms with Gasteiger partial charge in [-0.15, -0.1) is 0 Å². The van der Waals surface area contributed by atoms with Gasteiger partial charge in [0.25, 0.3) is 0 Å². The molecule has 1 aliphatic rings. The van der Waals surface area contributed by atoms with Crippen LogP contribution in [0, 0.1) is 28.4 Å². The highest BCUT2D eigenvalue weighted by Crippen LogP contribution is 2.53. The van der Waals surface area contributed by atoms with Gasteiger partial charge in [-0.05, 0) is 47.7 Å². The van der Waals surface area contributed by atoms with Gasteiger partial charge in [0, 0.05) is 34.3 Å². The molecular weight excluding hydrogens is 587 g/mol. The summed E-state index contributed by atoms with van der Waals surface area (Å²) in [4.78, 5) is 25.5. The number of hydrogen-bond donors (Lipinski definition) is 3. The van der Waals surface area contributed by atoms with E-state index in [1.807, 2.05) is 20.8 Å². The molecule has 0 bridgehead atoms. The molecule has 220 valence electrons. The number of carbonyl (C=O) groups excluding carboxylic acids is 1. The summed E-state index contributed by atoms with van der Waals surface area (Å²) in [5.74, 6) is -4.71. The molecule has 4 atom stereocenters. The molecule has 3 N–H and O–H groups in total. The number of methoxy groups -OCH3 is 1. The fraction of sp³-hybridized carbons (Fsp3) is 0.323. The minimum Gasteiger partial charge on any atom is -0.496 e. The van der Waals surface area contributed by atoms with Crippen LogP contribution in [0.4, 0.5) is 14.5 Å². The number of rotatable bonds is 7. The van der Waals surface area contributed by atoms with Crippen LogP contribution in [-0.4, -0.2) is 36.2 Å². The van der Waals surface area contributed by atoms with E-state index < -0.39 is 52.3 Å². The SMILES string of the molecule is COc1cc(NC(=O)[C@@H]2N[C@@H](CC(C)(C)C)[C@](C#N)(c3ccc(Cl)cc3F)[C@H]2c2cccc(Cl)c2F)ccc1C(=O)O. The molecule has 3 aromatic rings. The molecule has 0 spiro atoms. The quantitative estimate of drug-likeness (QED) is 0.265. The maximum absolute atomic E-state index is 15.8. The van der Waals surface area contributed by atoms with Gasteiger partial charge < -0.3 is 20.5 Å². The molecule has 1 saturated heterocycles. The minimum atomic E-state index is -1.78. The Bertz CT molecular complexity index is 1590. The lowest BCUT2D eigenvalue weighted by atomic mass is 9.62. The highest BCUT2D eigenvalue weighted by molar-refractivity contribution is 6.31. The number of anilines is 1. The Morgan fingerprint density at radius 2 is 1.86 bits per heavy atom. The van der Waals surface area contributed by atoms with E-state index in [9.17, 15) is 20.0 Å². The standard InChI is InChI=1S/C31H29Cl2F2N3O4/c1-30(2,3)14-24-31(15-36,20-11-8-16(32)12-22(20)34)25(19-6-5-7-21(33)26(19)35)27(38-24)28(39)37-17-9-10-18(29(40)41)23(13-17)42-4/h5-13,24-25,27,38H,14H2,1-4H3,(H,37,39)(H,40,41)/t24-,25-,27+,31-/m0/s1. The number of halogens is 4. The molecule has 0 aliphatic carbocycles. The lowest BCUT2D eigenvalue weighted by Gasteiger charge is -2.37. The number of carbonyl (C=O) groups is 2. The molecule has 7 nitrogen and oxygen atoms in total. The Kier molecular flexibility index (Phi) is 8.84. The molecule has 0 aromatic heterocycles. The van der Waals surface area contributed by atoms with Crippen LogP contribution in [-0.2, 0) is 10.2 Å². The first-order valence-corrected chi connectivity index (χ1v) is 13.8. The van der Waals surface area contributed by atoms with Crippen molar-refractivity contribution in [1.29, 1.82) is 5.26 Å². The molecule has 3 aromatic carbocycles. The average molecular weight is 616 g/mol. The van der Waals surface area contributed by atoms with E-state index in [0.717, 1.165) is 6.07 Å². The summed E-state index contributed by atoms with van der Waals surface area (Å²) in [6, 6.07) is 12.4. The largest absolute Gasteiger partial charge is 0.496 e. The number of benzene rings is 3. The summed E-state index contributed by atoms with van der Waals surface area (Å²) in [5.41, 5.74) is -2.16. The van der Waals surface area contributed by atoms with Crippen LogP contribution in [0.15, 0.2) is 54.6 Å². The lowest BCUT2D eigenvalue weighted by Crippen LogP contribution is -2.45. The minimum absolute atomic E-state index is 0.0114. The van der Waals surface area contributed by atoms with Gasteiger partial charge in [-0.2, -0.15) is 5.26 Å². The molecule has 1 heterocycles. The van der Waals surface area contributed by atoms with E-state index in [4.69, 9.17) is 27.9 Å². The zero-order chi connectivity index (χ0) is 31.0. The van der Waals surface area contributed by atoms with Crippen molar-refractivity contribution in [3.63, 3.8) is 0 Å². The van der Waals surface area contributed by atoms with E-state index in [2.05, 4.69) is 16.7 Å². The van der Waals surface area contributed by atoms with Crippen LogP contribution >= 0.6 is 23.2 Å². The van der Waals surface area contributed by atoms with Crippen molar-refractivity contribution in [3.8, 4) is 11.8 Å². The smallest absolute Gasteiger partial charge is 0.339 e. The monoisotopic (exact) mass is 615 g/mol. The Balaban J connectivity index is 1.93. The lowest BCUT2D eigenvalue weighted by molar-refractivity contribution is -0.118. The predicted molar refractivity (Wildman–Crippen MR) is 156 cm³/mol. The maximum Gasteiger partial charge on any atom is 0.339 e. The van der Waals surface area contributed by atoms with Gasteiger partial charge in [0.05, 0.1) is 24.2 Å². The number of aromatic carboxylic acids is 1. The highest BCUT2D eigenvalue weighted by Gasteiger charge is 2.61. The molecule has 0 radical (unpaired) electrons. The number of amides is 1. The molecule has 1 fully saturated rings. The van der Waals surface area contributed by atoms with E-state index in [-0.39, 0.29) is 38.2 Å². The normalized spacial score (nSPS) is 21.9. The molecule has 42 heavy (non-hydrogen) atoms. The van der Waals surface area contributed by atoms with Crippen molar-refractivity contribution < 1.29 is 28.2 Å². The molecule has 0 unspecified atom stereocenters. The van der Waals surface area contributed by atoms with E-state index in [1.165, 1.54) is 55.6 Å². The van der Waals surface area contributed by atoms with Crippen LogP contribution in [0.2, 0.25) is 10.0 Å². The second kappa shape index (κ2) is 11.9. The van der Waals surface area contributed by atoms with Crippen LogP contribution in [0.1, 0.15) is 54.6 Å². The summed E-state index contributed by atoms with van der Waals surface area (Å²) in [5, 5.41) is 26.2. The Morgan fingerprint density at radius 3 is 2.45 bits per heavy atom. The van der Waals surface area contributed by atoms with Crippen LogP contribution in [0.25, 0.3) is 0 Å². The van der Waals surface area contributed by atoms with Gasteiger partial charge >= 0.3 is 5.97 Å². The number of hydrogen-bond acceptors (Lipinski definition) is 5. The Hall–Kier alpha value is -3.71. The van der Waals surface area contributed by atoms with Gasteiger partial charge in [-0.3, -0.25) is 4.79 Å². The second-order valence-corrected chi connectivity index (χ2v) is 12.2. The molecule has 1 amide bonds. The number of carboxylic acids is 1. The van der Waals surface area contributed by atoms with Crippen LogP contribution in [0.5, 0.6) is 5.75 Å². The van der Waals surface area contributed by atoms with Gasteiger partial charge in [-0.25, -0.2) is 13.6 Å². The first kappa shape index (κ1) is 31.2. The summed E-state index contributed by atoms with van der Waals surface area (Å²) in [6.07, 6.45) is 0.312. The summed E-state index contributed by atoms with van der Waals surface area (Å²) in [7, 11) is 1.29. The number of carboxylic acid groups (broad SMARTS) is 1. The summed E-state index contributed by atoms with van der Waals surface area (Å²) < 4.78 is 36.7. The Morgan fingerprint density at radius 1 is 1.14 bits per heavy atom. The van der Waals surface area contributed by atoms with Crippen molar-refractivity contribution in [1.82, 2.24) is 5.32 Å². The second-order valence-electron chi connectivity index (χ2n) is 11.4. The van der Waals surface area contributed by atoms with Crippen LogP contribution in [0.3, 0.4) is 0 Å². The predicted octanol–water partition coefficient (Wildman–Crippen LogP) is 6.94. The van der Waals surface area contributed by atoms with Crippen molar-refractivity contribution in [2.45, 2.75) is 50.6 Å². The maximum atomic E-state index is 15.8. The van der Waals surface area contributed by atoms with Crippen molar-refractivity contribution in [2.24, 2.45) is 5.41 Å². The van der Waals surface area contributed by atoms with Gasteiger partial charge in [-0.1, -0.05) is 62.2 Å². The van der Waals surface area contributed by atoms with Crippen molar-refractivity contribution >= 4 is 40.8 Å². The van der Waals surface area contributed by atoms with E-state index in [0.29, 0.717) is 6.42 Å². The molecule has 4 rings (SSSR count). The third kappa shape index (κ3) is 5.80. The molecule has 0 saturated carbocycles. The summed E-state index contributed by atoms with van der Waals surface area (Å²) in [6.45, 7) is 5.81. The van der Waals surface area contributed by atoms with Gasteiger partial charge in [0.1, 0.15) is 28.4 Å². The highest BCUT2D eigenvalue weighted by atomic mass is 35.5. The fourth-order valence-corrected chi connectivity index (χ4v) is 6.06. The van der Waals surface area contributed by atoms with Crippen molar-refractivity contribution in [3.05, 3.63) is 93.0 Å². The molecule has 1 aliphatic heterocycles. The number of nitrogens with one attached hydrogen (secondary N) is 2. The number of nitrogens with zero attached hydrogens (tertiary/aromatic N) is 1. The fourth-order valence-electron chi connectivity index (χ4n) is 5.72. The number of ether oxygens (including phenoxy) is 1. The average Bonchev–Trinajstić information content (AvgIpc) is 3.23.